The van der Waals surface area contributed by atoms with E-state index in [1.807, 2.05) is 11.8 Å². The minimum absolute atomic E-state index is 0.0678. The van der Waals surface area contributed by atoms with Crippen LogP contribution in [0.15, 0.2) is 0 Å². The van der Waals surface area contributed by atoms with E-state index in [4.69, 9.17) is 9.84 Å². The number of likely N-dealkylation sites (N-methyl/N-ethyl adjacent to an activating group) is 1. The summed E-state index contributed by atoms with van der Waals surface area (Å²) in [4.78, 5) is 24.9. The third-order valence-electron chi connectivity index (χ3n) is 5.39. The monoisotopic (exact) mass is 355 g/mol. The van der Waals surface area contributed by atoms with Gasteiger partial charge in [-0.3, -0.25) is 9.69 Å². The molecule has 1 saturated carbocycles. The summed E-state index contributed by atoms with van der Waals surface area (Å²) in [5.41, 5.74) is 0. The number of aliphatic carboxylic acids is 1. The molecule has 1 heterocycles. The number of urea groups is 1. The summed E-state index contributed by atoms with van der Waals surface area (Å²) in [6.07, 6.45) is 4.00. The number of rotatable bonds is 8. The van der Waals surface area contributed by atoms with Gasteiger partial charge in [0.1, 0.15) is 0 Å². The van der Waals surface area contributed by atoms with Crippen molar-refractivity contribution in [3.63, 3.8) is 0 Å². The number of carbonyl (C=O) groups is 2. The molecule has 2 amide bonds. The van der Waals surface area contributed by atoms with E-state index in [2.05, 4.69) is 24.5 Å². The summed E-state index contributed by atoms with van der Waals surface area (Å²) in [6.45, 7) is 8.53. The highest BCUT2D eigenvalue weighted by Gasteiger charge is 2.35. The molecule has 0 radical (unpaired) electrons. The first-order chi connectivity index (χ1) is 11.9. The minimum atomic E-state index is -0.801. The molecule has 2 fully saturated rings. The zero-order valence-corrected chi connectivity index (χ0v) is 15.7. The molecule has 2 rings (SSSR count). The lowest BCUT2D eigenvalue weighted by molar-refractivity contribution is -0.139. The predicted octanol–water partition coefficient (Wildman–Crippen LogP) is 1.67. The number of hydrogen-bond donors (Lipinski definition) is 3. The van der Waals surface area contributed by atoms with Crippen molar-refractivity contribution in [3.05, 3.63) is 0 Å². The van der Waals surface area contributed by atoms with E-state index in [9.17, 15) is 9.59 Å². The highest BCUT2D eigenvalue weighted by Crippen LogP contribution is 2.27. The second-order valence-corrected chi connectivity index (χ2v) is 7.62. The molecule has 2 aliphatic rings. The number of nitrogens with one attached hydrogen (secondary N) is 2. The van der Waals surface area contributed by atoms with Gasteiger partial charge in [-0.25, -0.2) is 4.79 Å². The second kappa shape index (κ2) is 9.38. The molecule has 1 aliphatic carbocycles. The maximum absolute atomic E-state index is 12.1. The molecule has 0 spiro atoms. The van der Waals surface area contributed by atoms with E-state index < -0.39 is 5.97 Å². The van der Waals surface area contributed by atoms with E-state index in [0.29, 0.717) is 24.9 Å². The number of carboxylic acids is 1. The van der Waals surface area contributed by atoms with Crippen LogP contribution < -0.4 is 10.6 Å². The minimum Gasteiger partial charge on any atom is -0.480 e. The number of carboxylic acid groups (broad SMARTS) is 1. The normalized spacial score (nSPS) is 29.3. The van der Waals surface area contributed by atoms with Gasteiger partial charge in [0.25, 0.3) is 0 Å². The number of hydrogen-bond acceptors (Lipinski definition) is 4. The highest BCUT2D eigenvalue weighted by atomic mass is 16.5. The Morgan fingerprint density at radius 2 is 2.04 bits per heavy atom. The van der Waals surface area contributed by atoms with Gasteiger partial charge in [0.05, 0.1) is 12.6 Å². The van der Waals surface area contributed by atoms with Crippen molar-refractivity contribution >= 4 is 12.0 Å². The Kier molecular flexibility index (Phi) is 7.50. The molecule has 25 heavy (non-hydrogen) atoms. The zero-order chi connectivity index (χ0) is 18.4. The Labute approximate surface area is 150 Å². The third-order valence-corrected chi connectivity index (χ3v) is 5.39. The fraction of sp³-hybridized carbons (Fsp3) is 0.889. The topological polar surface area (TPSA) is 90.9 Å². The molecule has 2 atom stereocenters. The fourth-order valence-electron chi connectivity index (χ4n) is 3.96. The average Bonchev–Trinajstić information content (AvgIpc) is 2.54. The summed E-state index contributed by atoms with van der Waals surface area (Å²) < 4.78 is 5.86. The molecule has 1 saturated heterocycles. The van der Waals surface area contributed by atoms with Crippen LogP contribution in [-0.4, -0.2) is 66.4 Å². The van der Waals surface area contributed by atoms with E-state index >= 15 is 0 Å². The first kappa shape index (κ1) is 20.0. The summed E-state index contributed by atoms with van der Waals surface area (Å²) in [7, 11) is 0. The van der Waals surface area contributed by atoms with Gasteiger partial charge in [-0.15, -0.1) is 0 Å². The van der Waals surface area contributed by atoms with E-state index in [1.165, 1.54) is 0 Å². The Bertz CT molecular complexity index is 452. The molecule has 0 aromatic carbocycles. The zero-order valence-electron chi connectivity index (χ0n) is 15.7. The van der Waals surface area contributed by atoms with E-state index in [-0.39, 0.29) is 30.8 Å². The van der Waals surface area contributed by atoms with Gasteiger partial charge in [0, 0.05) is 31.2 Å². The van der Waals surface area contributed by atoms with Gasteiger partial charge in [0.15, 0.2) is 0 Å². The molecule has 144 valence electrons. The maximum atomic E-state index is 12.1. The Hall–Kier alpha value is -1.34. The summed E-state index contributed by atoms with van der Waals surface area (Å²) in [5, 5.41) is 14.9. The molecular formula is C18H33N3O4. The molecular weight excluding hydrogens is 322 g/mol. The van der Waals surface area contributed by atoms with Gasteiger partial charge in [-0.2, -0.15) is 0 Å². The summed E-state index contributed by atoms with van der Waals surface area (Å²) in [6, 6.07) is 0.262. The number of nitrogens with zero attached hydrogens (tertiary/aromatic N) is 1. The Morgan fingerprint density at radius 1 is 1.32 bits per heavy atom. The number of ether oxygens (including phenoxy) is 1. The van der Waals surface area contributed by atoms with Crippen LogP contribution in [0.5, 0.6) is 0 Å². The van der Waals surface area contributed by atoms with Crippen LogP contribution in [0.4, 0.5) is 4.79 Å². The standard InChI is InChI=1S/C18H33N3O4/c1-4-21(11-16(22)23)15-8-14(9-15)20-18(24)19-10-13-6-5-7-25-17(13)12(2)3/h12-15,17H,4-11H2,1-3H3,(H,22,23)(H2,19,20,24). The molecule has 2 unspecified atom stereocenters. The Balaban J connectivity index is 1.67. The first-order valence-corrected chi connectivity index (χ1v) is 9.52. The van der Waals surface area contributed by atoms with E-state index in [0.717, 1.165) is 32.3 Å². The molecule has 3 N–H and O–H groups in total. The summed E-state index contributed by atoms with van der Waals surface area (Å²) in [5.74, 6) is 0.0296. The van der Waals surface area contributed by atoms with Crippen LogP contribution >= 0.6 is 0 Å². The highest BCUT2D eigenvalue weighted by molar-refractivity contribution is 5.74. The van der Waals surface area contributed by atoms with Gasteiger partial charge < -0.3 is 20.5 Å². The summed E-state index contributed by atoms with van der Waals surface area (Å²) >= 11 is 0. The molecule has 7 nitrogen and oxygen atoms in total. The first-order valence-electron chi connectivity index (χ1n) is 9.52. The smallest absolute Gasteiger partial charge is 0.317 e. The van der Waals surface area contributed by atoms with Crippen molar-refractivity contribution in [1.82, 2.24) is 15.5 Å². The van der Waals surface area contributed by atoms with Gasteiger partial charge in [0.2, 0.25) is 0 Å². The molecule has 0 bridgehead atoms. The van der Waals surface area contributed by atoms with Crippen molar-refractivity contribution in [2.24, 2.45) is 11.8 Å². The van der Waals surface area contributed by atoms with Crippen molar-refractivity contribution in [2.75, 3.05) is 26.2 Å². The lowest BCUT2D eigenvalue weighted by Gasteiger charge is -2.42. The van der Waals surface area contributed by atoms with Gasteiger partial charge in [-0.05, 0) is 38.1 Å². The van der Waals surface area contributed by atoms with Crippen LogP contribution in [-0.2, 0) is 9.53 Å². The SMILES string of the molecule is CCN(CC(=O)O)C1CC(NC(=O)NCC2CCCOC2C(C)C)C1. The lowest BCUT2D eigenvalue weighted by atomic mass is 9.85. The van der Waals surface area contributed by atoms with E-state index in [1.54, 1.807) is 0 Å². The Morgan fingerprint density at radius 3 is 2.64 bits per heavy atom. The average molecular weight is 355 g/mol. The quantitative estimate of drug-likeness (QED) is 0.616. The van der Waals surface area contributed by atoms with Crippen molar-refractivity contribution in [2.45, 2.75) is 64.6 Å². The largest absolute Gasteiger partial charge is 0.480 e. The van der Waals surface area contributed by atoms with Crippen LogP contribution in [0.3, 0.4) is 0 Å². The van der Waals surface area contributed by atoms with Crippen LogP contribution in [0.25, 0.3) is 0 Å². The molecule has 0 aromatic rings. The van der Waals surface area contributed by atoms with Gasteiger partial charge >= 0.3 is 12.0 Å². The van der Waals surface area contributed by atoms with Crippen LogP contribution in [0, 0.1) is 11.8 Å². The van der Waals surface area contributed by atoms with Crippen LogP contribution in [0.2, 0.25) is 0 Å². The number of amides is 2. The van der Waals surface area contributed by atoms with Crippen LogP contribution in [0.1, 0.15) is 46.5 Å². The van der Waals surface area contributed by atoms with Crippen molar-refractivity contribution < 1.29 is 19.4 Å². The second-order valence-electron chi connectivity index (χ2n) is 7.62. The molecule has 0 aromatic heterocycles. The van der Waals surface area contributed by atoms with Crippen molar-refractivity contribution in [1.29, 1.82) is 0 Å². The lowest BCUT2D eigenvalue weighted by Crippen LogP contribution is -2.56. The van der Waals surface area contributed by atoms with Gasteiger partial charge in [-0.1, -0.05) is 20.8 Å². The predicted molar refractivity (Wildman–Crippen MR) is 95.5 cm³/mol. The molecule has 7 heteroatoms. The van der Waals surface area contributed by atoms with Crippen molar-refractivity contribution in [3.8, 4) is 0 Å². The maximum Gasteiger partial charge on any atom is 0.317 e. The number of carbonyl (C=O) groups excluding carboxylic acids is 1. The molecule has 1 aliphatic heterocycles. The third kappa shape index (κ3) is 5.85. The fourth-order valence-corrected chi connectivity index (χ4v) is 3.96.